The Morgan fingerprint density at radius 3 is 2.67 bits per heavy atom. The maximum Gasteiger partial charge on any atom is 0.226 e. The first-order valence-electron chi connectivity index (χ1n) is 6.64. The molecule has 1 aliphatic carbocycles. The maximum absolute atomic E-state index is 12.3. The number of nitrogen functional groups attached to an aromatic ring is 1. The van der Waals surface area contributed by atoms with Crippen LogP contribution in [0.3, 0.4) is 0 Å². The van der Waals surface area contributed by atoms with E-state index in [2.05, 4.69) is 20.8 Å². The van der Waals surface area contributed by atoms with E-state index in [0.717, 1.165) is 17.7 Å². The maximum atomic E-state index is 12.3. The van der Waals surface area contributed by atoms with Crippen LogP contribution in [0.5, 0.6) is 0 Å². The Bertz CT molecular complexity index is 442. The summed E-state index contributed by atoms with van der Waals surface area (Å²) in [5, 5.41) is 0. The smallest absolute Gasteiger partial charge is 0.226 e. The number of amides is 1. The minimum absolute atomic E-state index is 0.228. The van der Waals surface area contributed by atoms with E-state index >= 15 is 0 Å². The molecule has 2 N–H and O–H groups in total. The van der Waals surface area contributed by atoms with Crippen molar-refractivity contribution in [2.45, 2.75) is 39.8 Å². The van der Waals surface area contributed by atoms with Crippen LogP contribution in [0.2, 0.25) is 0 Å². The number of nitrogens with two attached hydrogens (primary N) is 1. The molecule has 1 aromatic rings. The fourth-order valence-electron chi connectivity index (χ4n) is 2.28. The molecule has 1 amide bonds. The van der Waals surface area contributed by atoms with Crippen LogP contribution >= 0.6 is 0 Å². The predicted molar refractivity (Wildman–Crippen MR) is 73.8 cm³/mol. The minimum atomic E-state index is 0.228. The van der Waals surface area contributed by atoms with E-state index in [1.165, 1.54) is 0 Å². The summed E-state index contributed by atoms with van der Waals surface area (Å²) in [6.07, 6.45) is 1.04. The summed E-state index contributed by atoms with van der Waals surface area (Å²) in [7, 11) is 0. The molecule has 1 aromatic carbocycles. The average Bonchev–Trinajstić information content (AvgIpc) is 3.02. The van der Waals surface area contributed by atoms with Gasteiger partial charge in [0.1, 0.15) is 0 Å². The van der Waals surface area contributed by atoms with Crippen molar-refractivity contribution in [3.8, 4) is 0 Å². The van der Waals surface area contributed by atoms with Crippen LogP contribution in [0.25, 0.3) is 0 Å². The summed E-state index contributed by atoms with van der Waals surface area (Å²) in [5.41, 5.74) is 7.63. The van der Waals surface area contributed by atoms with Gasteiger partial charge in [0, 0.05) is 24.2 Å². The molecule has 18 heavy (non-hydrogen) atoms. The highest BCUT2D eigenvalue weighted by atomic mass is 16.2. The van der Waals surface area contributed by atoms with Crippen molar-refractivity contribution in [1.29, 1.82) is 0 Å². The van der Waals surface area contributed by atoms with Crippen molar-refractivity contribution < 1.29 is 4.79 Å². The molecule has 2 atom stereocenters. The molecule has 0 heterocycles. The molecule has 1 fully saturated rings. The van der Waals surface area contributed by atoms with E-state index in [9.17, 15) is 4.79 Å². The highest BCUT2D eigenvalue weighted by Crippen LogP contribution is 2.39. The lowest BCUT2D eigenvalue weighted by molar-refractivity contribution is -0.135. The van der Waals surface area contributed by atoms with Crippen molar-refractivity contribution in [3.05, 3.63) is 29.8 Å². The zero-order chi connectivity index (χ0) is 13.3. The van der Waals surface area contributed by atoms with Crippen LogP contribution in [-0.4, -0.2) is 16.8 Å². The monoisotopic (exact) mass is 246 g/mol. The summed E-state index contributed by atoms with van der Waals surface area (Å²) >= 11 is 0. The van der Waals surface area contributed by atoms with E-state index < -0.39 is 0 Å². The van der Waals surface area contributed by atoms with Gasteiger partial charge in [-0.05, 0) is 43.9 Å². The quantitative estimate of drug-likeness (QED) is 0.830. The highest BCUT2D eigenvalue weighted by Gasteiger charge is 2.41. The van der Waals surface area contributed by atoms with Crippen LogP contribution in [0.4, 0.5) is 5.69 Å². The molecule has 0 radical (unpaired) electrons. The number of hydrogen-bond donors (Lipinski definition) is 1. The standard InChI is InChI=1S/C15H22N2O/c1-10(2)17(15(18)14-7-11(14)3)9-12-5-4-6-13(16)8-12/h4-6,8,10-11,14H,7,9,16H2,1-3H3. The average molecular weight is 246 g/mol. The number of carbonyl (C=O) groups excluding carboxylic acids is 1. The third-order valence-electron chi connectivity index (χ3n) is 3.64. The van der Waals surface area contributed by atoms with Crippen LogP contribution in [0.1, 0.15) is 32.8 Å². The van der Waals surface area contributed by atoms with Crippen LogP contribution < -0.4 is 5.73 Å². The van der Waals surface area contributed by atoms with E-state index in [1.54, 1.807) is 0 Å². The number of carbonyl (C=O) groups is 1. The molecule has 1 aliphatic rings. The van der Waals surface area contributed by atoms with E-state index in [-0.39, 0.29) is 12.0 Å². The molecule has 2 rings (SSSR count). The first kappa shape index (κ1) is 12.9. The first-order valence-corrected chi connectivity index (χ1v) is 6.64. The molecule has 0 aliphatic heterocycles. The van der Waals surface area contributed by atoms with Crippen LogP contribution in [0.15, 0.2) is 24.3 Å². The van der Waals surface area contributed by atoms with Crippen LogP contribution in [0, 0.1) is 11.8 Å². The van der Waals surface area contributed by atoms with Gasteiger partial charge in [-0.2, -0.15) is 0 Å². The van der Waals surface area contributed by atoms with Crippen molar-refractivity contribution in [3.63, 3.8) is 0 Å². The number of anilines is 1. The van der Waals surface area contributed by atoms with E-state index in [4.69, 9.17) is 5.73 Å². The topological polar surface area (TPSA) is 46.3 Å². The fraction of sp³-hybridized carbons (Fsp3) is 0.533. The lowest BCUT2D eigenvalue weighted by atomic mass is 10.1. The summed E-state index contributed by atoms with van der Waals surface area (Å²) in [6, 6.07) is 8.00. The largest absolute Gasteiger partial charge is 0.399 e. The van der Waals surface area contributed by atoms with Gasteiger partial charge in [-0.3, -0.25) is 4.79 Å². The van der Waals surface area contributed by atoms with Gasteiger partial charge in [0.2, 0.25) is 5.91 Å². The molecule has 3 heteroatoms. The molecule has 0 spiro atoms. The number of rotatable bonds is 4. The van der Waals surface area contributed by atoms with Crippen molar-refractivity contribution in [2.75, 3.05) is 5.73 Å². The minimum Gasteiger partial charge on any atom is -0.399 e. The molecular weight excluding hydrogens is 224 g/mol. The second-order valence-corrected chi connectivity index (χ2v) is 5.62. The van der Waals surface area contributed by atoms with Crippen LogP contribution in [-0.2, 0) is 11.3 Å². The third-order valence-corrected chi connectivity index (χ3v) is 3.64. The number of benzene rings is 1. The predicted octanol–water partition coefficient (Wildman–Crippen LogP) is 2.66. The lowest BCUT2D eigenvalue weighted by Crippen LogP contribution is -2.37. The van der Waals surface area contributed by atoms with Crippen molar-refractivity contribution >= 4 is 11.6 Å². The van der Waals surface area contributed by atoms with Gasteiger partial charge in [-0.15, -0.1) is 0 Å². The first-order chi connectivity index (χ1) is 8.49. The SMILES string of the molecule is CC1CC1C(=O)N(Cc1cccc(N)c1)C(C)C. The Balaban J connectivity index is 2.09. The third kappa shape index (κ3) is 2.84. The molecule has 0 saturated heterocycles. The highest BCUT2D eigenvalue weighted by molar-refractivity contribution is 5.81. The molecular formula is C15H22N2O. The molecule has 0 bridgehead atoms. The Labute approximate surface area is 109 Å². The molecule has 0 aromatic heterocycles. The molecule has 98 valence electrons. The number of hydrogen-bond acceptors (Lipinski definition) is 2. The Morgan fingerprint density at radius 1 is 1.50 bits per heavy atom. The summed E-state index contributed by atoms with van der Waals surface area (Å²) in [6.45, 7) is 6.93. The molecule has 2 unspecified atom stereocenters. The van der Waals surface area contributed by atoms with Gasteiger partial charge in [0.05, 0.1) is 0 Å². The number of nitrogens with zero attached hydrogens (tertiary/aromatic N) is 1. The van der Waals surface area contributed by atoms with Crippen molar-refractivity contribution in [2.24, 2.45) is 11.8 Å². The van der Waals surface area contributed by atoms with Gasteiger partial charge in [-0.25, -0.2) is 0 Å². The van der Waals surface area contributed by atoms with Gasteiger partial charge in [0.15, 0.2) is 0 Å². The second kappa shape index (κ2) is 5.01. The van der Waals surface area contributed by atoms with Gasteiger partial charge in [-0.1, -0.05) is 19.1 Å². The van der Waals surface area contributed by atoms with E-state index in [1.807, 2.05) is 29.2 Å². The Morgan fingerprint density at radius 2 is 2.17 bits per heavy atom. The molecule has 1 saturated carbocycles. The normalized spacial score (nSPS) is 22.0. The molecule has 3 nitrogen and oxygen atoms in total. The van der Waals surface area contributed by atoms with E-state index in [0.29, 0.717) is 18.4 Å². The second-order valence-electron chi connectivity index (χ2n) is 5.62. The van der Waals surface area contributed by atoms with Gasteiger partial charge >= 0.3 is 0 Å². The van der Waals surface area contributed by atoms with Gasteiger partial charge < -0.3 is 10.6 Å². The van der Waals surface area contributed by atoms with Crippen molar-refractivity contribution in [1.82, 2.24) is 4.90 Å². The zero-order valence-corrected chi connectivity index (χ0v) is 11.4. The Hall–Kier alpha value is -1.51. The fourth-order valence-corrected chi connectivity index (χ4v) is 2.28. The summed E-state index contributed by atoms with van der Waals surface area (Å²) in [4.78, 5) is 14.3. The van der Waals surface area contributed by atoms with Gasteiger partial charge in [0.25, 0.3) is 0 Å². The zero-order valence-electron chi connectivity index (χ0n) is 11.4. The summed E-state index contributed by atoms with van der Waals surface area (Å²) < 4.78 is 0. The summed E-state index contributed by atoms with van der Waals surface area (Å²) in [5.74, 6) is 1.09. The lowest BCUT2D eigenvalue weighted by Gasteiger charge is -2.27. The Kier molecular flexibility index (Phi) is 3.60.